The highest BCUT2D eigenvalue weighted by Crippen LogP contribution is 2.31. The van der Waals surface area contributed by atoms with Crippen LogP contribution in [0.3, 0.4) is 0 Å². The van der Waals surface area contributed by atoms with Crippen LogP contribution in [0.2, 0.25) is 0 Å². The quantitative estimate of drug-likeness (QED) is 0.623. The van der Waals surface area contributed by atoms with Crippen molar-refractivity contribution in [2.45, 2.75) is 13.1 Å². The van der Waals surface area contributed by atoms with Gasteiger partial charge in [0.25, 0.3) is 5.91 Å². The number of carbonyl (C=O) groups excluding carboxylic acids is 1. The summed E-state index contributed by atoms with van der Waals surface area (Å²) >= 11 is 0. The van der Waals surface area contributed by atoms with Gasteiger partial charge < -0.3 is 9.80 Å². The van der Waals surface area contributed by atoms with Gasteiger partial charge >= 0.3 is 6.18 Å². The minimum Gasteiger partial charge on any atom is -0.368 e. The van der Waals surface area contributed by atoms with Gasteiger partial charge in [0.2, 0.25) is 5.43 Å². The van der Waals surface area contributed by atoms with Crippen molar-refractivity contribution in [2.24, 2.45) is 0 Å². The molecule has 1 saturated heterocycles. The van der Waals surface area contributed by atoms with E-state index >= 15 is 0 Å². The summed E-state index contributed by atoms with van der Waals surface area (Å²) in [5, 5.41) is 4.31. The van der Waals surface area contributed by atoms with E-state index in [0.29, 0.717) is 24.5 Å². The summed E-state index contributed by atoms with van der Waals surface area (Å²) in [6.07, 6.45) is -4.41. The predicted octanol–water partition coefficient (Wildman–Crippen LogP) is 3.52. The lowest BCUT2D eigenvalue weighted by molar-refractivity contribution is -0.137. The maximum absolute atomic E-state index is 13.0. The van der Waals surface area contributed by atoms with Crippen molar-refractivity contribution in [2.75, 3.05) is 31.1 Å². The van der Waals surface area contributed by atoms with Crippen LogP contribution in [0, 0.1) is 6.92 Å². The molecule has 3 aromatic rings. The first-order chi connectivity index (χ1) is 15.2. The van der Waals surface area contributed by atoms with E-state index in [9.17, 15) is 22.8 Å². The number of nitrogens with zero attached hydrogens (tertiary/aromatic N) is 4. The topological polar surface area (TPSA) is 58.4 Å². The molecule has 0 N–H and O–H groups in total. The van der Waals surface area contributed by atoms with Crippen LogP contribution in [0.15, 0.2) is 65.5 Å². The number of hydrogen-bond acceptors (Lipinski definition) is 4. The van der Waals surface area contributed by atoms with Gasteiger partial charge in [-0.05, 0) is 37.3 Å². The molecule has 0 spiro atoms. The molecule has 2 heterocycles. The zero-order valence-corrected chi connectivity index (χ0v) is 17.3. The van der Waals surface area contributed by atoms with E-state index in [1.54, 1.807) is 22.6 Å². The molecule has 1 aliphatic rings. The first-order valence-electron chi connectivity index (χ1n) is 10.1. The van der Waals surface area contributed by atoms with Gasteiger partial charge in [-0.3, -0.25) is 9.59 Å². The third-order valence-corrected chi connectivity index (χ3v) is 5.42. The monoisotopic (exact) mass is 442 g/mol. The lowest BCUT2D eigenvalue weighted by Gasteiger charge is -2.36. The zero-order valence-electron chi connectivity index (χ0n) is 17.3. The molecule has 1 fully saturated rings. The van der Waals surface area contributed by atoms with Gasteiger partial charge in [-0.25, -0.2) is 4.68 Å². The van der Waals surface area contributed by atoms with Gasteiger partial charge in [0.05, 0.1) is 11.3 Å². The van der Waals surface area contributed by atoms with Crippen LogP contribution in [-0.2, 0) is 6.18 Å². The van der Waals surface area contributed by atoms with E-state index < -0.39 is 23.1 Å². The van der Waals surface area contributed by atoms with Gasteiger partial charge in [0, 0.05) is 43.6 Å². The Kier molecular flexibility index (Phi) is 5.73. The molecule has 1 aromatic heterocycles. The van der Waals surface area contributed by atoms with Crippen LogP contribution < -0.4 is 10.3 Å². The Morgan fingerprint density at radius 1 is 0.906 bits per heavy atom. The second kappa shape index (κ2) is 8.49. The molecular formula is C23H21F3N4O2. The highest BCUT2D eigenvalue weighted by atomic mass is 19.4. The molecule has 4 rings (SSSR count). The minimum absolute atomic E-state index is 0.174. The van der Waals surface area contributed by atoms with E-state index in [4.69, 9.17) is 0 Å². The van der Waals surface area contributed by atoms with E-state index in [-0.39, 0.29) is 18.8 Å². The van der Waals surface area contributed by atoms with E-state index in [2.05, 4.69) is 5.10 Å². The lowest BCUT2D eigenvalue weighted by atomic mass is 10.1. The minimum atomic E-state index is -4.41. The van der Waals surface area contributed by atoms with Crippen LogP contribution in [0.25, 0.3) is 5.69 Å². The number of aromatic nitrogens is 2. The smallest absolute Gasteiger partial charge is 0.368 e. The molecule has 1 amide bonds. The maximum Gasteiger partial charge on any atom is 0.416 e. The number of aryl methyl sites for hydroxylation is 1. The van der Waals surface area contributed by atoms with Gasteiger partial charge in [-0.1, -0.05) is 24.3 Å². The van der Waals surface area contributed by atoms with Crippen molar-refractivity contribution in [1.29, 1.82) is 0 Å². The summed E-state index contributed by atoms with van der Waals surface area (Å²) in [7, 11) is 0. The SMILES string of the molecule is Cc1cc(=O)c(C(=O)N2CCN(c3cccc(C(F)(F)F)c3)CC2)nn1-c1ccccc1. The average molecular weight is 442 g/mol. The van der Waals surface area contributed by atoms with Gasteiger partial charge in [0.15, 0.2) is 5.69 Å². The van der Waals surface area contributed by atoms with Crippen molar-refractivity contribution in [1.82, 2.24) is 14.7 Å². The molecule has 6 nitrogen and oxygen atoms in total. The summed E-state index contributed by atoms with van der Waals surface area (Å²) in [5.41, 5.74) is 0.443. The number of hydrogen-bond donors (Lipinski definition) is 0. The normalized spacial score (nSPS) is 14.5. The number of alkyl halides is 3. The fourth-order valence-corrected chi connectivity index (χ4v) is 3.72. The molecule has 0 atom stereocenters. The van der Waals surface area contributed by atoms with Gasteiger partial charge in [-0.2, -0.15) is 18.3 Å². The van der Waals surface area contributed by atoms with Crippen LogP contribution >= 0.6 is 0 Å². The third kappa shape index (κ3) is 4.37. The number of halogens is 3. The first kappa shape index (κ1) is 21.6. The standard InChI is InChI=1S/C23H21F3N4O2/c1-16-14-20(31)21(27-30(16)18-7-3-2-4-8-18)22(32)29-12-10-28(11-13-29)19-9-5-6-17(15-19)23(24,25)26/h2-9,14-15H,10-13H2,1H3. The molecule has 2 aromatic carbocycles. The first-order valence-corrected chi connectivity index (χ1v) is 10.1. The molecule has 0 radical (unpaired) electrons. The van der Waals surface area contributed by atoms with Crippen molar-refractivity contribution >= 4 is 11.6 Å². The summed E-state index contributed by atoms with van der Waals surface area (Å²) < 4.78 is 40.6. The Morgan fingerprint density at radius 3 is 2.22 bits per heavy atom. The zero-order chi connectivity index (χ0) is 22.9. The van der Waals surface area contributed by atoms with Crippen LogP contribution in [-0.4, -0.2) is 46.8 Å². The Hall–Kier alpha value is -3.62. The Bertz CT molecular complexity index is 1180. The molecule has 9 heteroatoms. The highest BCUT2D eigenvalue weighted by Gasteiger charge is 2.31. The maximum atomic E-state index is 13.0. The molecule has 0 bridgehead atoms. The Morgan fingerprint density at radius 2 is 1.56 bits per heavy atom. The van der Waals surface area contributed by atoms with Crippen molar-refractivity contribution < 1.29 is 18.0 Å². The summed E-state index contributed by atoms with van der Waals surface area (Å²) in [6.45, 7) is 2.99. The van der Waals surface area contributed by atoms with Gasteiger partial charge in [0.1, 0.15) is 0 Å². The third-order valence-electron chi connectivity index (χ3n) is 5.42. The molecule has 166 valence electrons. The number of rotatable bonds is 3. The number of benzene rings is 2. The van der Waals surface area contributed by atoms with E-state index in [1.807, 2.05) is 30.3 Å². The van der Waals surface area contributed by atoms with E-state index in [1.165, 1.54) is 17.0 Å². The summed E-state index contributed by atoms with van der Waals surface area (Å²) in [4.78, 5) is 28.8. The molecule has 0 aliphatic carbocycles. The number of para-hydroxylation sites is 1. The van der Waals surface area contributed by atoms with Crippen molar-refractivity contribution in [3.8, 4) is 5.69 Å². The number of amides is 1. The molecular weight excluding hydrogens is 421 g/mol. The van der Waals surface area contributed by atoms with Crippen LogP contribution in [0.1, 0.15) is 21.7 Å². The largest absolute Gasteiger partial charge is 0.416 e. The second-order valence-electron chi connectivity index (χ2n) is 7.57. The molecule has 1 aliphatic heterocycles. The fraction of sp³-hybridized carbons (Fsp3) is 0.261. The average Bonchev–Trinajstić information content (AvgIpc) is 2.79. The number of piperazine rings is 1. The number of carbonyl (C=O) groups is 1. The molecule has 0 unspecified atom stereocenters. The Balaban J connectivity index is 1.51. The van der Waals surface area contributed by atoms with E-state index in [0.717, 1.165) is 17.8 Å². The summed E-state index contributed by atoms with van der Waals surface area (Å²) in [5.74, 6) is -0.483. The molecule has 0 saturated carbocycles. The van der Waals surface area contributed by atoms with Crippen molar-refractivity contribution in [3.05, 3.63) is 87.8 Å². The second-order valence-corrected chi connectivity index (χ2v) is 7.57. The van der Waals surface area contributed by atoms with Crippen LogP contribution in [0.4, 0.5) is 18.9 Å². The van der Waals surface area contributed by atoms with Gasteiger partial charge in [-0.15, -0.1) is 0 Å². The summed E-state index contributed by atoms with van der Waals surface area (Å²) in [6, 6.07) is 15.7. The number of anilines is 1. The van der Waals surface area contributed by atoms with Crippen molar-refractivity contribution in [3.63, 3.8) is 0 Å². The van der Waals surface area contributed by atoms with Crippen LogP contribution in [0.5, 0.6) is 0 Å². The highest BCUT2D eigenvalue weighted by molar-refractivity contribution is 5.92. The fourth-order valence-electron chi connectivity index (χ4n) is 3.72. The molecule has 32 heavy (non-hydrogen) atoms. The Labute approximate surface area is 182 Å². The predicted molar refractivity (Wildman–Crippen MR) is 114 cm³/mol. The lowest BCUT2D eigenvalue weighted by Crippen LogP contribution is -2.50.